The van der Waals surface area contributed by atoms with Crippen LogP contribution in [0.3, 0.4) is 0 Å². The number of hydrogen-bond donors (Lipinski definition) is 1. The van der Waals surface area contributed by atoms with Crippen LogP contribution in [-0.2, 0) is 4.79 Å². The highest BCUT2D eigenvalue weighted by Crippen LogP contribution is 2.33. The third-order valence-corrected chi connectivity index (χ3v) is 5.47. The second kappa shape index (κ2) is 7.74. The summed E-state index contributed by atoms with van der Waals surface area (Å²) >= 11 is 0. The lowest BCUT2D eigenvalue weighted by molar-refractivity contribution is -0.133. The van der Waals surface area contributed by atoms with E-state index in [0.717, 1.165) is 48.3 Å². The van der Waals surface area contributed by atoms with Gasteiger partial charge in [-0.2, -0.15) is 5.10 Å². The van der Waals surface area contributed by atoms with E-state index in [1.54, 1.807) is 12.4 Å². The van der Waals surface area contributed by atoms with Gasteiger partial charge in [0.05, 0.1) is 12.1 Å². The molecule has 5 nitrogen and oxygen atoms in total. The Labute approximate surface area is 159 Å². The number of pyridine rings is 1. The lowest BCUT2D eigenvalue weighted by Crippen LogP contribution is -2.41. The first-order valence-electron chi connectivity index (χ1n) is 9.51. The molecule has 4 rings (SSSR count). The van der Waals surface area contributed by atoms with Gasteiger partial charge < -0.3 is 4.90 Å². The Hall–Kier alpha value is -2.95. The van der Waals surface area contributed by atoms with Gasteiger partial charge in [-0.05, 0) is 43.0 Å². The number of nitrogens with zero attached hydrogens (tertiary/aromatic N) is 3. The van der Waals surface area contributed by atoms with E-state index in [0.29, 0.717) is 0 Å². The molecule has 3 aromatic rings. The number of hydrogen-bond acceptors (Lipinski definition) is 3. The van der Waals surface area contributed by atoms with Crippen molar-refractivity contribution in [2.24, 2.45) is 0 Å². The quantitative estimate of drug-likeness (QED) is 0.765. The number of carbonyl (C=O) groups excluding carboxylic acids is 1. The molecule has 0 unspecified atom stereocenters. The van der Waals surface area contributed by atoms with E-state index in [1.807, 2.05) is 60.5 Å². The zero-order valence-corrected chi connectivity index (χ0v) is 15.5. The first-order valence-corrected chi connectivity index (χ1v) is 9.51. The van der Waals surface area contributed by atoms with Gasteiger partial charge in [0.15, 0.2) is 0 Å². The lowest BCUT2D eigenvalue weighted by Gasteiger charge is -2.34. The van der Waals surface area contributed by atoms with Crippen molar-refractivity contribution in [1.82, 2.24) is 20.1 Å². The fourth-order valence-electron chi connectivity index (χ4n) is 3.94. The van der Waals surface area contributed by atoms with Gasteiger partial charge in [-0.15, -0.1) is 0 Å². The number of likely N-dealkylation sites (tertiary alicyclic amines) is 1. The summed E-state index contributed by atoms with van der Waals surface area (Å²) in [6.45, 7) is 3.56. The number of nitrogens with one attached hydrogen (secondary N) is 1. The van der Waals surface area contributed by atoms with Crippen LogP contribution in [0.1, 0.15) is 42.9 Å². The average molecular weight is 360 g/mol. The molecule has 27 heavy (non-hydrogen) atoms. The maximum atomic E-state index is 13.1. The van der Waals surface area contributed by atoms with Crippen LogP contribution < -0.4 is 0 Å². The van der Waals surface area contributed by atoms with Crippen LogP contribution in [0.4, 0.5) is 0 Å². The van der Waals surface area contributed by atoms with E-state index in [1.165, 1.54) is 0 Å². The zero-order chi connectivity index (χ0) is 18.6. The monoisotopic (exact) mass is 360 g/mol. The van der Waals surface area contributed by atoms with Gasteiger partial charge in [-0.3, -0.25) is 14.9 Å². The molecule has 1 saturated heterocycles. The number of rotatable bonds is 4. The molecule has 138 valence electrons. The van der Waals surface area contributed by atoms with Crippen LogP contribution in [0.25, 0.3) is 11.1 Å². The van der Waals surface area contributed by atoms with Crippen molar-refractivity contribution in [1.29, 1.82) is 0 Å². The Balaban J connectivity index is 1.53. The molecule has 0 radical (unpaired) electrons. The third kappa shape index (κ3) is 3.63. The van der Waals surface area contributed by atoms with Crippen molar-refractivity contribution in [2.75, 3.05) is 13.1 Å². The predicted molar refractivity (Wildman–Crippen MR) is 105 cm³/mol. The summed E-state index contributed by atoms with van der Waals surface area (Å²) < 4.78 is 0. The molecule has 2 atom stereocenters. The molecular formula is C22H24N4O. The number of H-pyrrole nitrogens is 1. The Morgan fingerprint density at radius 1 is 1.19 bits per heavy atom. The molecule has 0 saturated carbocycles. The first kappa shape index (κ1) is 17.5. The minimum atomic E-state index is -0.119. The second-order valence-corrected chi connectivity index (χ2v) is 7.19. The summed E-state index contributed by atoms with van der Waals surface area (Å²) in [6.07, 6.45) is 7.53. The summed E-state index contributed by atoms with van der Waals surface area (Å²) in [6, 6.07) is 14.0. The van der Waals surface area contributed by atoms with Gasteiger partial charge in [0.1, 0.15) is 0 Å². The van der Waals surface area contributed by atoms with Gasteiger partial charge in [0, 0.05) is 42.7 Å². The van der Waals surface area contributed by atoms with Gasteiger partial charge in [-0.25, -0.2) is 0 Å². The Morgan fingerprint density at radius 2 is 1.96 bits per heavy atom. The molecule has 1 aliphatic heterocycles. The number of amides is 1. The predicted octanol–water partition coefficient (Wildman–Crippen LogP) is 3.98. The van der Waals surface area contributed by atoms with Crippen LogP contribution in [0, 0.1) is 0 Å². The van der Waals surface area contributed by atoms with E-state index in [9.17, 15) is 4.79 Å². The molecule has 0 aliphatic carbocycles. The van der Waals surface area contributed by atoms with Crippen molar-refractivity contribution in [3.63, 3.8) is 0 Å². The number of carbonyl (C=O) groups is 1. The van der Waals surface area contributed by atoms with Crippen molar-refractivity contribution in [3.05, 3.63) is 72.3 Å². The Morgan fingerprint density at radius 3 is 2.74 bits per heavy atom. The molecule has 0 bridgehead atoms. The highest BCUT2D eigenvalue weighted by Gasteiger charge is 2.30. The normalized spacial score (nSPS) is 18.3. The van der Waals surface area contributed by atoms with E-state index in [-0.39, 0.29) is 17.7 Å². The Bertz CT molecular complexity index is 891. The summed E-state index contributed by atoms with van der Waals surface area (Å²) in [4.78, 5) is 19.2. The molecule has 5 heteroatoms. The third-order valence-electron chi connectivity index (χ3n) is 5.47. The molecule has 1 aliphatic rings. The summed E-state index contributed by atoms with van der Waals surface area (Å²) in [5, 5.41) is 7.46. The second-order valence-electron chi connectivity index (χ2n) is 7.19. The topological polar surface area (TPSA) is 61.9 Å². The number of piperidine rings is 1. The first-order chi connectivity index (χ1) is 13.2. The van der Waals surface area contributed by atoms with E-state index in [2.05, 4.69) is 15.2 Å². The zero-order valence-electron chi connectivity index (χ0n) is 15.5. The maximum Gasteiger partial charge on any atom is 0.229 e. The molecule has 1 amide bonds. The number of benzene rings is 1. The van der Waals surface area contributed by atoms with Crippen molar-refractivity contribution >= 4 is 5.91 Å². The maximum absolute atomic E-state index is 13.1. The van der Waals surface area contributed by atoms with Crippen molar-refractivity contribution in [3.8, 4) is 11.1 Å². The summed E-state index contributed by atoms with van der Waals surface area (Å²) in [7, 11) is 0. The van der Waals surface area contributed by atoms with E-state index >= 15 is 0 Å². The Kier molecular flexibility index (Phi) is 5.01. The number of aromatic amines is 1. The van der Waals surface area contributed by atoms with Crippen molar-refractivity contribution in [2.45, 2.75) is 31.6 Å². The van der Waals surface area contributed by atoms with Gasteiger partial charge in [-0.1, -0.05) is 30.3 Å². The standard InChI is InChI=1S/C22H24N4O/c1-16(17-6-3-2-4-7-17)22(27)26-13-5-8-19(15-26)21-20(14-24-25-21)18-9-11-23-12-10-18/h2-4,6-7,9-12,14,16,19H,5,8,13,15H2,1H3,(H,24,25)/t16-,19-/m0/s1. The van der Waals surface area contributed by atoms with Crippen LogP contribution >= 0.6 is 0 Å². The van der Waals surface area contributed by atoms with Crippen molar-refractivity contribution < 1.29 is 4.79 Å². The number of aromatic nitrogens is 3. The minimum Gasteiger partial charge on any atom is -0.342 e. The van der Waals surface area contributed by atoms with Gasteiger partial charge >= 0.3 is 0 Å². The molecule has 1 fully saturated rings. The van der Waals surface area contributed by atoms with Crippen LogP contribution in [0.2, 0.25) is 0 Å². The van der Waals surface area contributed by atoms with Crippen LogP contribution in [0.15, 0.2) is 61.1 Å². The molecule has 1 aromatic carbocycles. The smallest absolute Gasteiger partial charge is 0.229 e. The van der Waals surface area contributed by atoms with Gasteiger partial charge in [0.25, 0.3) is 0 Å². The highest BCUT2D eigenvalue weighted by atomic mass is 16.2. The minimum absolute atomic E-state index is 0.119. The highest BCUT2D eigenvalue weighted by molar-refractivity contribution is 5.83. The van der Waals surface area contributed by atoms with Gasteiger partial charge in [0.2, 0.25) is 5.91 Å². The molecule has 2 aromatic heterocycles. The SMILES string of the molecule is C[C@H](C(=O)N1CCC[C@H](c2[nH]ncc2-c2ccncc2)C1)c1ccccc1. The van der Waals surface area contributed by atoms with Crippen LogP contribution in [-0.4, -0.2) is 39.1 Å². The molecule has 3 heterocycles. The molecule has 0 spiro atoms. The molecule has 1 N–H and O–H groups in total. The lowest BCUT2D eigenvalue weighted by atomic mass is 9.89. The largest absolute Gasteiger partial charge is 0.342 e. The average Bonchev–Trinajstić information content (AvgIpc) is 3.24. The van der Waals surface area contributed by atoms with E-state index in [4.69, 9.17) is 0 Å². The van der Waals surface area contributed by atoms with Crippen LogP contribution in [0.5, 0.6) is 0 Å². The molecular weight excluding hydrogens is 336 g/mol. The fourth-order valence-corrected chi connectivity index (χ4v) is 3.94. The summed E-state index contributed by atoms with van der Waals surface area (Å²) in [5.74, 6) is 0.360. The van der Waals surface area contributed by atoms with E-state index < -0.39 is 0 Å². The summed E-state index contributed by atoms with van der Waals surface area (Å²) in [5.41, 5.74) is 4.40. The fraction of sp³-hybridized carbons (Fsp3) is 0.318.